The molecule has 0 amide bonds. The fraction of sp³-hybridized carbons (Fsp3) is 0.571. The fourth-order valence-corrected chi connectivity index (χ4v) is 6.03. The Hall–Kier alpha value is -1.41. The Morgan fingerprint density at radius 3 is 1.74 bits per heavy atom. The van der Waals surface area contributed by atoms with Crippen molar-refractivity contribution < 1.29 is 8.78 Å². The van der Waals surface area contributed by atoms with E-state index in [0.717, 1.165) is 36.2 Å². The summed E-state index contributed by atoms with van der Waals surface area (Å²) in [5.74, 6) is 2.04. The van der Waals surface area contributed by atoms with E-state index in [2.05, 4.69) is 6.92 Å². The van der Waals surface area contributed by atoms with Gasteiger partial charge in [0.05, 0.1) is 5.56 Å². The molecule has 4 rings (SSSR count). The first-order chi connectivity index (χ1) is 15.0. The van der Waals surface area contributed by atoms with Crippen molar-refractivity contribution in [3.63, 3.8) is 0 Å². The van der Waals surface area contributed by atoms with Crippen LogP contribution in [-0.2, 0) is 0 Å². The van der Waals surface area contributed by atoms with Gasteiger partial charge in [0.25, 0.3) is 0 Å². The van der Waals surface area contributed by atoms with Crippen molar-refractivity contribution in [1.82, 2.24) is 0 Å². The summed E-state index contributed by atoms with van der Waals surface area (Å²) in [4.78, 5) is 0. The van der Waals surface area contributed by atoms with Crippen LogP contribution in [0.5, 0.6) is 0 Å². The van der Waals surface area contributed by atoms with Gasteiger partial charge < -0.3 is 0 Å². The largest absolute Gasteiger partial charge is 0.206 e. The third-order valence-corrected chi connectivity index (χ3v) is 8.29. The Morgan fingerprint density at radius 2 is 1.23 bits per heavy atom. The molecule has 0 aromatic heterocycles. The first-order valence-electron chi connectivity index (χ1n) is 12.3. The molecule has 2 fully saturated rings. The number of hydrogen-bond acceptors (Lipinski definition) is 0. The highest BCUT2D eigenvalue weighted by Crippen LogP contribution is 2.41. The lowest BCUT2D eigenvalue weighted by atomic mass is 9.74. The molecule has 31 heavy (non-hydrogen) atoms. The van der Waals surface area contributed by atoms with Gasteiger partial charge in [-0.3, -0.25) is 0 Å². The zero-order valence-electron chi connectivity index (χ0n) is 18.7. The summed E-state index contributed by atoms with van der Waals surface area (Å²) in [6.07, 6.45) is 14.2. The number of benzene rings is 2. The summed E-state index contributed by atoms with van der Waals surface area (Å²) < 4.78 is 29.7. The van der Waals surface area contributed by atoms with Crippen LogP contribution in [-0.4, -0.2) is 0 Å². The lowest BCUT2D eigenvalue weighted by Gasteiger charge is -2.32. The van der Waals surface area contributed by atoms with Crippen LogP contribution in [0.15, 0.2) is 36.4 Å². The highest BCUT2D eigenvalue weighted by atomic mass is 35.5. The van der Waals surface area contributed by atoms with Crippen molar-refractivity contribution in [2.24, 2.45) is 17.8 Å². The van der Waals surface area contributed by atoms with Gasteiger partial charge >= 0.3 is 0 Å². The van der Waals surface area contributed by atoms with Gasteiger partial charge in [-0.05, 0) is 84.7 Å². The summed E-state index contributed by atoms with van der Waals surface area (Å²) in [5, 5.41) is 0.562. The number of hydrogen-bond donors (Lipinski definition) is 0. The molecule has 0 saturated heterocycles. The fourth-order valence-electron chi connectivity index (χ4n) is 5.91. The maximum atomic E-state index is 14.8. The molecule has 2 saturated carbocycles. The SMILES string of the molecule is CC[C@H]1CC[C@H](CC[C@H]2CC[C@H](c3cc(F)c(-c4ccc(Cl)cc4)c(F)c3)CC2)CC1. The second-order valence-electron chi connectivity index (χ2n) is 9.96. The molecule has 0 unspecified atom stereocenters. The molecule has 0 N–H and O–H groups in total. The van der Waals surface area contributed by atoms with Crippen LogP contribution in [0.25, 0.3) is 11.1 Å². The lowest BCUT2D eigenvalue weighted by molar-refractivity contribution is 0.227. The highest BCUT2D eigenvalue weighted by Gasteiger charge is 2.26. The van der Waals surface area contributed by atoms with E-state index >= 15 is 0 Å². The zero-order valence-corrected chi connectivity index (χ0v) is 19.4. The number of rotatable bonds is 6. The van der Waals surface area contributed by atoms with Crippen molar-refractivity contribution in [1.29, 1.82) is 0 Å². The van der Waals surface area contributed by atoms with Crippen molar-refractivity contribution in [3.05, 3.63) is 58.6 Å². The Bertz CT molecular complexity index is 821. The van der Waals surface area contributed by atoms with E-state index in [4.69, 9.17) is 11.6 Å². The standard InChI is InChI=1S/C28H35ClF2/c1-2-19-3-5-20(6-4-19)7-8-21-9-11-22(12-10-21)24-17-26(30)28(27(31)18-24)23-13-15-25(29)16-14-23/h13-22H,2-12H2,1H3/t19-,20-,21-,22-. The molecule has 0 radical (unpaired) electrons. The minimum atomic E-state index is -0.470. The highest BCUT2D eigenvalue weighted by molar-refractivity contribution is 6.30. The molecule has 3 heteroatoms. The molecule has 0 aliphatic heterocycles. The summed E-state index contributed by atoms with van der Waals surface area (Å²) in [6, 6.07) is 9.79. The maximum absolute atomic E-state index is 14.8. The molecule has 0 heterocycles. The minimum absolute atomic E-state index is 0.0481. The third-order valence-electron chi connectivity index (χ3n) is 8.04. The van der Waals surface area contributed by atoms with E-state index in [9.17, 15) is 8.78 Å². The second-order valence-corrected chi connectivity index (χ2v) is 10.4. The summed E-state index contributed by atoms with van der Waals surface area (Å²) in [5.41, 5.74) is 1.40. The molecule has 2 aliphatic rings. The van der Waals surface area contributed by atoms with Gasteiger partial charge in [0, 0.05) is 5.02 Å². The molecule has 2 aromatic carbocycles. The van der Waals surface area contributed by atoms with Crippen LogP contribution >= 0.6 is 11.6 Å². The van der Waals surface area contributed by atoms with Crippen molar-refractivity contribution in [2.45, 2.75) is 83.5 Å². The predicted molar refractivity (Wildman–Crippen MR) is 126 cm³/mol. The summed E-state index contributed by atoms with van der Waals surface area (Å²) in [6.45, 7) is 2.33. The van der Waals surface area contributed by atoms with Crippen molar-refractivity contribution in [2.75, 3.05) is 0 Å². The zero-order chi connectivity index (χ0) is 21.8. The van der Waals surface area contributed by atoms with Gasteiger partial charge in [0.15, 0.2) is 0 Å². The summed E-state index contributed by atoms with van der Waals surface area (Å²) in [7, 11) is 0. The second kappa shape index (κ2) is 10.5. The average molecular weight is 445 g/mol. The first kappa shape index (κ1) is 22.8. The van der Waals surface area contributed by atoms with E-state index in [-0.39, 0.29) is 11.5 Å². The van der Waals surface area contributed by atoms with E-state index in [1.54, 1.807) is 36.4 Å². The van der Waals surface area contributed by atoms with Crippen LogP contribution in [0.3, 0.4) is 0 Å². The molecule has 0 spiro atoms. The van der Waals surface area contributed by atoms with Gasteiger partial charge in [0.2, 0.25) is 0 Å². The molecule has 0 bridgehead atoms. The average Bonchev–Trinajstić information content (AvgIpc) is 2.79. The van der Waals surface area contributed by atoms with Gasteiger partial charge in [0.1, 0.15) is 11.6 Å². The first-order valence-corrected chi connectivity index (χ1v) is 12.7. The lowest BCUT2D eigenvalue weighted by Crippen LogP contribution is -2.17. The topological polar surface area (TPSA) is 0 Å². The van der Waals surface area contributed by atoms with Crippen LogP contribution in [0.4, 0.5) is 8.78 Å². The van der Waals surface area contributed by atoms with Gasteiger partial charge in [-0.15, -0.1) is 0 Å². The number of halogens is 3. The Morgan fingerprint density at radius 1 is 0.742 bits per heavy atom. The molecule has 0 nitrogen and oxygen atoms in total. The van der Waals surface area contributed by atoms with E-state index in [1.807, 2.05) is 0 Å². The van der Waals surface area contributed by atoms with Crippen LogP contribution in [0, 0.1) is 29.4 Å². The molecule has 168 valence electrons. The van der Waals surface area contributed by atoms with Crippen LogP contribution in [0.2, 0.25) is 5.02 Å². The Labute approximate surface area is 191 Å². The molecular weight excluding hydrogens is 410 g/mol. The van der Waals surface area contributed by atoms with E-state index < -0.39 is 11.6 Å². The third kappa shape index (κ3) is 5.69. The summed E-state index contributed by atoms with van der Waals surface area (Å²) >= 11 is 5.91. The Kier molecular flexibility index (Phi) is 7.69. The molecular formula is C28H35ClF2. The Balaban J connectivity index is 1.31. The molecule has 2 aromatic rings. The van der Waals surface area contributed by atoms with E-state index in [0.29, 0.717) is 10.6 Å². The van der Waals surface area contributed by atoms with Gasteiger partial charge in [-0.2, -0.15) is 0 Å². The molecule has 0 atom stereocenters. The van der Waals surface area contributed by atoms with E-state index in [1.165, 1.54) is 57.8 Å². The normalized spacial score (nSPS) is 26.7. The minimum Gasteiger partial charge on any atom is -0.206 e. The van der Waals surface area contributed by atoms with Crippen molar-refractivity contribution >= 4 is 11.6 Å². The molecule has 2 aliphatic carbocycles. The van der Waals surface area contributed by atoms with Crippen molar-refractivity contribution in [3.8, 4) is 11.1 Å². The van der Waals surface area contributed by atoms with Crippen LogP contribution in [0.1, 0.15) is 89.0 Å². The monoisotopic (exact) mass is 444 g/mol. The predicted octanol–water partition coefficient (Wildman–Crippen LogP) is 9.56. The quantitative estimate of drug-likeness (QED) is 0.416. The van der Waals surface area contributed by atoms with Gasteiger partial charge in [-0.1, -0.05) is 75.6 Å². The smallest absolute Gasteiger partial charge is 0.134 e. The van der Waals surface area contributed by atoms with Crippen LogP contribution < -0.4 is 0 Å². The van der Waals surface area contributed by atoms with Gasteiger partial charge in [-0.25, -0.2) is 8.78 Å². The maximum Gasteiger partial charge on any atom is 0.134 e.